The summed E-state index contributed by atoms with van der Waals surface area (Å²) in [5.74, 6) is 0.494. The first-order chi connectivity index (χ1) is 14.5. The molecule has 0 bridgehead atoms. The Bertz CT molecular complexity index is 600. The molecular formula is C26H44O3S. The molecule has 0 radical (unpaired) electrons. The largest absolute Gasteiger partial charge is 0.507 e. The number of carboxylic acid groups (broad SMARTS) is 1. The second kappa shape index (κ2) is 14.8. The number of rotatable bonds is 17. The summed E-state index contributed by atoms with van der Waals surface area (Å²) >= 11 is 1.58. The van der Waals surface area contributed by atoms with Gasteiger partial charge in [0.15, 0.2) is 0 Å². The molecule has 0 spiro atoms. The fourth-order valence-corrected chi connectivity index (χ4v) is 5.27. The molecule has 3 nitrogen and oxygen atoms in total. The zero-order chi connectivity index (χ0) is 22.4. The van der Waals surface area contributed by atoms with Crippen LogP contribution >= 0.6 is 11.8 Å². The quantitative estimate of drug-likeness (QED) is 0.244. The maximum Gasteiger partial charge on any atom is 0.324 e. The van der Waals surface area contributed by atoms with Crippen LogP contribution < -0.4 is 0 Å². The summed E-state index contributed by atoms with van der Waals surface area (Å²) in [6.45, 7) is 8.48. The van der Waals surface area contributed by atoms with Gasteiger partial charge in [-0.2, -0.15) is 0 Å². The summed E-state index contributed by atoms with van der Waals surface area (Å²) in [6.07, 6.45) is 13.5. The molecule has 1 unspecified atom stereocenters. The van der Waals surface area contributed by atoms with Crippen LogP contribution in [0.25, 0.3) is 0 Å². The minimum absolute atomic E-state index is 0.386. The predicted octanol–water partition coefficient (Wildman–Crippen LogP) is 7.86. The normalized spacial score (nSPS) is 13.3. The molecule has 0 aromatic heterocycles. The van der Waals surface area contributed by atoms with E-state index in [1.807, 2.05) is 19.1 Å². The third-order valence-electron chi connectivity index (χ3n) is 6.02. The third kappa shape index (κ3) is 7.83. The van der Waals surface area contributed by atoms with Crippen LogP contribution in [0.5, 0.6) is 5.75 Å². The van der Waals surface area contributed by atoms with Gasteiger partial charge in [-0.1, -0.05) is 84.8 Å². The van der Waals surface area contributed by atoms with Crippen molar-refractivity contribution in [3.05, 3.63) is 28.8 Å². The maximum atomic E-state index is 12.5. The number of aryl methyl sites for hydroxylation is 2. The maximum absolute atomic E-state index is 12.5. The van der Waals surface area contributed by atoms with E-state index in [0.717, 1.165) is 67.4 Å². The number of carbonyl (C=O) groups is 1. The molecule has 2 N–H and O–H groups in total. The summed E-state index contributed by atoms with van der Waals surface area (Å²) in [5.41, 5.74) is 2.70. The Labute approximate surface area is 189 Å². The number of phenolic OH excluding ortho intramolecular Hbond substituents is 1. The van der Waals surface area contributed by atoms with Crippen molar-refractivity contribution in [2.45, 2.75) is 116 Å². The number of hydrogen-bond acceptors (Lipinski definition) is 3. The van der Waals surface area contributed by atoms with Crippen molar-refractivity contribution in [2.75, 3.05) is 5.75 Å². The van der Waals surface area contributed by atoms with Gasteiger partial charge in [0.25, 0.3) is 0 Å². The van der Waals surface area contributed by atoms with Gasteiger partial charge in [0.2, 0.25) is 0 Å². The highest BCUT2D eigenvalue weighted by atomic mass is 32.2. The van der Waals surface area contributed by atoms with E-state index in [1.54, 1.807) is 11.8 Å². The molecule has 4 heteroatoms. The second-order valence-corrected chi connectivity index (χ2v) is 9.85. The van der Waals surface area contributed by atoms with E-state index >= 15 is 0 Å². The Morgan fingerprint density at radius 3 is 1.80 bits per heavy atom. The summed E-state index contributed by atoms with van der Waals surface area (Å²) in [7, 11) is 0. The third-order valence-corrected chi connectivity index (χ3v) is 7.71. The topological polar surface area (TPSA) is 57.5 Å². The van der Waals surface area contributed by atoms with E-state index in [-0.39, 0.29) is 0 Å². The molecule has 1 rings (SSSR count). The van der Waals surface area contributed by atoms with Gasteiger partial charge in [-0.15, -0.1) is 11.8 Å². The Balaban J connectivity index is 3.11. The molecule has 0 aliphatic heterocycles. The van der Waals surface area contributed by atoms with Gasteiger partial charge >= 0.3 is 5.97 Å². The monoisotopic (exact) mass is 436 g/mol. The number of unbranched alkanes of at least 4 members (excludes halogenated alkanes) is 7. The average Bonchev–Trinajstić information content (AvgIpc) is 2.74. The molecule has 0 saturated heterocycles. The van der Waals surface area contributed by atoms with Crippen LogP contribution in [0.1, 0.15) is 115 Å². The van der Waals surface area contributed by atoms with E-state index < -0.39 is 10.7 Å². The van der Waals surface area contributed by atoms with E-state index in [2.05, 4.69) is 20.8 Å². The molecule has 1 aromatic carbocycles. The highest BCUT2D eigenvalue weighted by Gasteiger charge is 2.40. The summed E-state index contributed by atoms with van der Waals surface area (Å²) in [4.78, 5) is 12.5. The number of aromatic hydroxyl groups is 1. The fourth-order valence-electron chi connectivity index (χ4n) is 3.96. The molecule has 172 valence electrons. The average molecular weight is 437 g/mol. The summed E-state index contributed by atoms with van der Waals surface area (Å²) in [6, 6.07) is 3.96. The number of aliphatic carboxylic acids is 1. The molecule has 0 heterocycles. The number of hydrogen-bond donors (Lipinski definition) is 2. The summed E-state index contributed by atoms with van der Waals surface area (Å²) in [5, 5.41) is 21.1. The van der Waals surface area contributed by atoms with Gasteiger partial charge in [-0.05, 0) is 61.0 Å². The molecule has 30 heavy (non-hydrogen) atoms. The lowest BCUT2D eigenvalue weighted by Gasteiger charge is -2.30. The Kier molecular flexibility index (Phi) is 13.2. The van der Waals surface area contributed by atoms with Gasteiger partial charge in [0.1, 0.15) is 10.5 Å². The number of phenols is 1. The van der Waals surface area contributed by atoms with Crippen LogP contribution in [0, 0.1) is 0 Å². The molecule has 1 aromatic rings. The smallest absolute Gasteiger partial charge is 0.324 e. The van der Waals surface area contributed by atoms with E-state index in [0.29, 0.717) is 12.2 Å². The predicted molar refractivity (Wildman–Crippen MR) is 131 cm³/mol. The summed E-state index contributed by atoms with van der Waals surface area (Å²) < 4.78 is -0.932. The zero-order valence-electron chi connectivity index (χ0n) is 19.8. The SMILES string of the molecule is CCCCCCCCSC(CC)(C(=O)O)c1cc(CCCC)c(O)c(CCCC)c1. The molecular weight excluding hydrogens is 392 g/mol. The lowest BCUT2D eigenvalue weighted by atomic mass is 9.89. The van der Waals surface area contributed by atoms with Crippen LogP contribution in [-0.4, -0.2) is 21.9 Å². The van der Waals surface area contributed by atoms with Crippen LogP contribution in [-0.2, 0) is 22.4 Å². The van der Waals surface area contributed by atoms with Crippen LogP contribution in [0.15, 0.2) is 12.1 Å². The van der Waals surface area contributed by atoms with Gasteiger partial charge in [-0.25, -0.2) is 0 Å². The van der Waals surface area contributed by atoms with Gasteiger partial charge in [0, 0.05) is 0 Å². The van der Waals surface area contributed by atoms with Gasteiger partial charge in [-0.3, -0.25) is 4.79 Å². The first kappa shape index (κ1) is 26.9. The van der Waals surface area contributed by atoms with E-state index in [1.165, 1.54) is 32.1 Å². The van der Waals surface area contributed by atoms with Crippen LogP contribution in [0.4, 0.5) is 0 Å². The first-order valence-corrected chi connectivity index (χ1v) is 13.2. The Morgan fingerprint density at radius 2 is 1.33 bits per heavy atom. The van der Waals surface area contributed by atoms with Gasteiger partial charge in [0.05, 0.1) is 0 Å². The first-order valence-electron chi connectivity index (χ1n) is 12.2. The van der Waals surface area contributed by atoms with E-state index in [4.69, 9.17) is 0 Å². The van der Waals surface area contributed by atoms with Gasteiger partial charge < -0.3 is 10.2 Å². The number of thioether (sulfide) groups is 1. The minimum Gasteiger partial charge on any atom is -0.507 e. The van der Waals surface area contributed by atoms with Crippen molar-refractivity contribution in [3.8, 4) is 5.75 Å². The second-order valence-electron chi connectivity index (χ2n) is 8.45. The number of benzene rings is 1. The van der Waals surface area contributed by atoms with Crippen molar-refractivity contribution >= 4 is 17.7 Å². The Hall–Kier alpha value is -1.16. The van der Waals surface area contributed by atoms with Crippen LogP contribution in [0.3, 0.4) is 0 Å². The Morgan fingerprint density at radius 1 is 0.833 bits per heavy atom. The molecule has 0 amide bonds. The molecule has 0 aliphatic carbocycles. The molecule has 0 aliphatic rings. The molecule has 0 saturated carbocycles. The highest BCUT2D eigenvalue weighted by molar-refractivity contribution is 8.00. The van der Waals surface area contributed by atoms with Crippen molar-refractivity contribution in [1.82, 2.24) is 0 Å². The van der Waals surface area contributed by atoms with Crippen molar-refractivity contribution in [2.24, 2.45) is 0 Å². The lowest BCUT2D eigenvalue weighted by molar-refractivity contribution is -0.140. The fraction of sp³-hybridized carbons (Fsp3) is 0.731. The standard InChI is InChI=1S/C26H44O3S/c1-5-9-12-13-14-15-18-30-26(8-4,25(28)29)23-19-21(16-10-6-2)24(27)22(20-23)17-11-7-3/h19-20,27H,5-18H2,1-4H3,(H,28,29). The van der Waals surface area contributed by atoms with E-state index in [9.17, 15) is 15.0 Å². The highest BCUT2D eigenvalue weighted by Crippen LogP contribution is 2.43. The van der Waals surface area contributed by atoms with Crippen molar-refractivity contribution < 1.29 is 15.0 Å². The molecule has 0 fully saturated rings. The van der Waals surface area contributed by atoms with Crippen molar-refractivity contribution in [3.63, 3.8) is 0 Å². The minimum atomic E-state index is -0.932. The molecule has 1 atom stereocenters. The lowest BCUT2D eigenvalue weighted by Crippen LogP contribution is -2.32. The number of carboxylic acids is 1. The zero-order valence-corrected chi connectivity index (χ0v) is 20.6. The van der Waals surface area contributed by atoms with Crippen LogP contribution in [0.2, 0.25) is 0 Å². The van der Waals surface area contributed by atoms with Crippen molar-refractivity contribution in [1.29, 1.82) is 0 Å².